The molecule has 1 aliphatic rings. The number of benzene rings is 1. The Balaban J connectivity index is 2.06. The maximum atomic E-state index is 5.50. The highest BCUT2D eigenvalue weighted by molar-refractivity contribution is 5.50. The zero-order valence-electron chi connectivity index (χ0n) is 11.7. The molecule has 0 aliphatic heterocycles. The lowest BCUT2D eigenvalue weighted by molar-refractivity contribution is 0.340. The summed E-state index contributed by atoms with van der Waals surface area (Å²) in [5, 5.41) is 0. The minimum atomic E-state index is 0.736. The summed E-state index contributed by atoms with van der Waals surface area (Å²) in [6.07, 6.45) is 6.88. The minimum absolute atomic E-state index is 0.736. The van der Waals surface area contributed by atoms with E-state index in [1.807, 2.05) is 6.92 Å². The van der Waals surface area contributed by atoms with Gasteiger partial charge in [-0.2, -0.15) is 0 Å². The second-order valence-electron chi connectivity index (χ2n) is 5.00. The maximum absolute atomic E-state index is 5.50. The molecule has 2 rings (SSSR count). The van der Waals surface area contributed by atoms with Crippen LogP contribution < -0.4 is 9.64 Å². The fraction of sp³-hybridized carbons (Fsp3) is 0.625. The summed E-state index contributed by atoms with van der Waals surface area (Å²) in [7, 11) is 0. The van der Waals surface area contributed by atoms with Crippen molar-refractivity contribution in [2.45, 2.75) is 52.0 Å². The van der Waals surface area contributed by atoms with E-state index in [0.717, 1.165) is 24.9 Å². The summed E-state index contributed by atoms with van der Waals surface area (Å²) in [5.74, 6) is 0.973. The molecule has 1 saturated carbocycles. The second-order valence-corrected chi connectivity index (χ2v) is 5.00. The predicted molar refractivity (Wildman–Crippen MR) is 77.5 cm³/mol. The summed E-state index contributed by atoms with van der Waals surface area (Å²) in [6, 6.07) is 9.31. The van der Waals surface area contributed by atoms with Crippen LogP contribution in [-0.2, 0) is 0 Å². The molecule has 0 amide bonds. The first-order valence-electron chi connectivity index (χ1n) is 7.34. The molecule has 2 nitrogen and oxygen atoms in total. The van der Waals surface area contributed by atoms with Gasteiger partial charge in [0.05, 0.1) is 6.61 Å². The molecule has 0 bridgehead atoms. The monoisotopic (exact) mass is 247 g/mol. The lowest BCUT2D eigenvalue weighted by Crippen LogP contribution is -2.36. The Kier molecular flexibility index (Phi) is 4.91. The van der Waals surface area contributed by atoms with E-state index in [-0.39, 0.29) is 0 Å². The highest BCUT2D eigenvalue weighted by Gasteiger charge is 2.19. The molecule has 0 aromatic heterocycles. The molecule has 0 saturated heterocycles. The first kappa shape index (κ1) is 13.3. The molecule has 0 radical (unpaired) electrons. The Hall–Kier alpha value is -1.18. The van der Waals surface area contributed by atoms with Gasteiger partial charge < -0.3 is 9.64 Å². The highest BCUT2D eigenvalue weighted by atomic mass is 16.5. The lowest BCUT2D eigenvalue weighted by Gasteiger charge is -2.35. The number of ether oxygens (including phenoxy) is 1. The molecule has 0 unspecified atom stereocenters. The first-order chi connectivity index (χ1) is 8.85. The third-order valence-corrected chi connectivity index (χ3v) is 3.84. The van der Waals surface area contributed by atoms with Gasteiger partial charge in [0, 0.05) is 18.3 Å². The summed E-state index contributed by atoms with van der Waals surface area (Å²) in [5.41, 5.74) is 1.34. The largest absolute Gasteiger partial charge is 0.494 e. The fourth-order valence-corrected chi connectivity index (χ4v) is 2.94. The van der Waals surface area contributed by atoms with Crippen molar-refractivity contribution >= 4 is 5.69 Å². The van der Waals surface area contributed by atoms with Crippen LogP contribution in [0.4, 0.5) is 5.69 Å². The van der Waals surface area contributed by atoms with Gasteiger partial charge in [-0.05, 0) is 51.0 Å². The van der Waals surface area contributed by atoms with Crippen LogP contribution >= 0.6 is 0 Å². The Labute approximate surface area is 111 Å². The molecule has 0 spiro atoms. The van der Waals surface area contributed by atoms with E-state index in [0.29, 0.717) is 0 Å². The number of hydrogen-bond donors (Lipinski definition) is 0. The van der Waals surface area contributed by atoms with Crippen molar-refractivity contribution in [3.63, 3.8) is 0 Å². The van der Waals surface area contributed by atoms with Gasteiger partial charge in [-0.3, -0.25) is 0 Å². The zero-order chi connectivity index (χ0) is 12.8. The van der Waals surface area contributed by atoms with E-state index in [1.165, 1.54) is 37.8 Å². The van der Waals surface area contributed by atoms with Gasteiger partial charge in [-0.15, -0.1) is 0 Å². The molecule has 2 heteroatoms. The predicted octanol–water partition coefficient (Wildman–Crippen LogP) is 4.24. The topological polar surface area (TPSA) is 12.5 Å². The van der Waals surface area contributed by atoms with Crippen LogP contribution in [-0.4, -0.2) is 19.2 Å². The summed E-state index contributed by atoms with van der Waals surface area (Å²) < 4.78 is 5.50. The third kappa shape index (κ3) is 3.18. The normalized spacial score (nSPS) is 16.6. The van der Waals surface area contributed by atoms with Crippen LogP contribution in [0.3, 0.4) is 0 Å². The van der Waals surface area contributed by atoms with Crippen molar-refractivity contribution in [2.24, 2.45) is 0 Å². The van der Waals surface area contributed by atoms with Crippen LogP contribution in [0, 0.1) is 0 Å². The molecule has 1 aromatic carbocycles. The van der Waals surface area contributed by atoms with E-state index in [2.05, 4.69) is 36.1 Å². The van der Waals surface area contributed by atoms with E-state index in [1.54, 1.807) is 0 Å². The Morgan fingerprint density at radius 3 is 2.28 bits per heavy atom. The third-order valence-electron chi connectivity index (χ3n) is 3.84. The molecule has 1 fully saturated rings. The Morgan fingerprint density at radius 1 is 1.06 bits per heavy atom. The standard InChI is InChI=1S/C16H25NO/c1-3-17(14-8-6-5-7-9-14)15-10-12-16(13-11-15)18-4-2/h10-14H,3-9H2,1-2H3. The second kappa shape index (κ2) is 6.67. The van der Waals surface area contributed by atoms with Gasteiger partial charge in [0.15, 0.2) is 0 Å². The number of hydrogen-bond acceptors (Lipinski definition) is 2. The number of nitrogens with zero attached hydrogens (tertiary/aromatic N) is 1. The van der Waals surface area contributed by atoms with Gasteiger partial charge in [0.25, 0.3) is 0 Å². The average Bonchev–Trinajstić information content (AvgIpc) is 2.43. The van der Waals surface area contributed by atoms with Crippen molar-refractivity contribution in [2.75, 3.05) is 18.1 Å². The van der Waals surface area contributed by atoms with Crippen LogP contribution in [0.25, 0.3) is 0 Å². The number of anilines is 1. The molecule has 100 valence electrons. The van der Waals surface area contributed by atoms with E-state index < -0.39 is 0 Å². The fourth-order valence-electron chi connectivity index (χ4n) is 2.94. The Bertz CT molecular complexity index is 341. The molecule has 18 heavy (non-hydrogen) atoms. The van der Waals surface area contributed by atoms with Gasteiger partial charge in [0.2, 0.25) is 0 Å². The quantitative estimate of drug-likeness (QED) is 0.771. The summed E-state index contributed by atoms with van der Waals surface area (Å²) in [4.78, 5) is 2.55. The Morgan fingerprint density at radius 2 is 1.72 bits per heavy atom. The molecule has 1 aromatic rings. The molecular weight excluding hydrogens is 222 g/mol. The van der Waals surface area contributed by atoms with Gasteiger partial charge in [-0.1, -0.05) is 19.3 Å². The van der Waals surface area contributed by atoms with Gasteiger partial charge >= 0.3 is 0 Å². The number of rotatable bonds is 5. The van der Waals surface area contributed by atoms with Crippen molar-refractivity contribution < 1.29 is 4.74 Å². The SMILES string of the molecule is CCOc1ccc(N(CC)C2CCCCC2)cc1. The van der Waals surface area contributed by atoms with Gasteiger partial charge in [0.1, 0.15) is 5.75 Å². The molecule has 1 aliphatic carbocycles. The van der Waals surface area contributed by atoms with Crippen LogP contribution in [0.15, 0.2) is 24.3 Å². The maximum Gasteiger partial charge on any atom is 0.119 e. The van der Waals surface area contributed by atoms with Crippen molar-refractivity contribution in [1.82, 2.24) is 0 Å². The van der Waals surface area contributed by atoms with E-state index >= 15 is 0 Å². The minimum Gasteiger partial charge on any atom is -0.494 e. The highest BCUT2D eigenvalue weighted by Crippen LogP contribution is 2.28. The van der Waals surface area contributed by atoms with Crippen LogP contribution in [0.2, 0.25) is 0 Å². The van der Waals surface area contributed by atoms with Crippen molar-refractivity contribution in [3.8, 4) is 5.75 Å². The van der Waals surface area contributed by atoms with Gasteiger partial charge in [-0.25, -0.2) is 0 Å². The molecule has 0 atom stereocenters. The van der Waals surface area contributed by atoms with Crippen LogP contribution in [0.5, 0.6) is 5.75 Å². The zero-order valence-corrected chi connectivity index (χ0v) is 11.7. The summed E-state index contributed by atoms with van der Waals surface area (Å²) in [6.45, 7) is 6.11. The molecule has 0 N–H and O–H groups in total. The molecular formula is C16H25NO. The summed E-state index contributed by atoms with van der Waals surface area (Å²) >= 11 is 0. The lowest BCUT2D eigenvalue weighted by atomic mass is 9.94. The first-order valence-corrected chi connectivity index (χ1v) is 7.34. The smallest absolute Gasteiger partial charge is 0.119 e. The van der Waals surface area contributed by atoms with E-state index in [9.17, 15) is 0 Å². The van der Waals surface area contributed by atoms with Crippen molar-refractivity contribution in [1.29, 1.82) is 0 Å². The van der Waals surface area contributed by atoms with Crippen LogP contribution in [0.1, 0.15) is 46.0 Å². The average molecular weight is 247 g/mol. The van der Waals surface area contributed by atoms with Crippen molar-refractivity contribution in [3.05, 3.63) is 24.3 Å². The van der Waals surface area contributed by atoms with E-state index in [4.69, 9.17) is 4.74 Å². The molecule has 0 heterocycles.